The first kappa shape index (κ1) is 11.2. The molecule has 0 aliphatic heterocycles. The van der Waals surface area contributed by atoms with Crippen LogP contribution in [0.2, 0.25) is 5.15 Å². The average molecular weight is 255 g/mol. The molecule has 1 heterocycles. The Kier molecular flexibility index (Phi) is 3.03. The topological polar surface area (TPSA) is 48.1 Å². The molecule has 0 unspecified atom stereocenters. The van der Waals surface area contributed by atoms with Crippen LogP contribution in [0.4, 0.5) is 5.69 Å². The monoisotopic (exact) mass is 254 g/mol. The van der Waals surface area contributed by atoms with Crippen molar-refractivity contribution in [2.45, 2.75) is 13.8 Å². The molecule has 0 radical (unpaired) electrons. The van der Waals surface area contributed by atoms with Gasteiger partial charge in [-0.25, -0.2) is 0 Å². The maximum atomic E-state index is 5.86. The lowest BCUT2D eigenvalue weighted by atomic mass is 10.1. The minimum Gasteiger partial charge on any atom is -0.431 e. The van der Waals surface area contributed by atoms with E-state index in [1.165, 1.54) is 11.3 Å². The average Bonchev–Trinajstić information content (AvgIpc) is 2.60. The van der Waals surface area contributed by atoms with Crippen molar-refractivity contribution in [2.75, 3.05) is 5.73 Å². The third-order valence-corrected chi connectivity index (χ3v) is 3.27. The molecule has 16 heavy (non-hydrogen) atoms. The lowest BCUT2D eigenvalue weighted by molar-refractivity contribution is 0.478. The summed E-state index contributed by atoms with van der Waals surface area (Å²) in [6, 6.07) is 3.77. The summed E-state index contributed by atoms with van der Waals surface area (Å²) in [5.74, 6) is 0.732. The van der Waals surface area contributed by atoms with Gasteiger partial charge in [-0.15, -0.1) is 0 Å². The Bertz CT molecular complexity index is 501. The highest BCUT2D eigenvalue weighted by Gasteiger charge is 2.06. The highest BCUT2D eigenvalue weighted by atomic mass is 35.5. The van der Waals surface area contributed by atoms with Crippen molar-refractivity contribution in [3.63, 3.8) is 0 Å². The Morgan fingerprint density at radius 1 is 1.31 bits per heavy atom. The van der Waals surface area contributed by atoms with Gasteiger partial charge in [0.1, 0.15) is 10.9 Å². The molecule has 5 heteroatoms. The van der Waals surface area contributed by atoms with Crippen LogP contribution in [-0.2, 0) is 0 Å². The first-order valence-electron chi connectivity index (χ1n) is 4.72. The van der Waals surface area contributed by atoms with Gasteiger partial charge in [-0.05, 0) is 37.1 Å². The number of ether oxygens (including phenoxy) is 1. The molecule has 0 fully saturated rings. The summed E-state index contributed by atoms with van der Waals surface area (Å²) >= 11 is 7.08. The number of anilines is 1. The quantitative estimate of drug-likeness (QED) is 0.830. The molecule has 1 aromatic carbocycles. The lowest BCUT2D eigenvalue weighted by Gasteiger charge is -2.08. The van der Waals surface area contributed by atoms with Gasteiger partial charge in [-0.3, -0.25) is 0 Å². The minimum atomic E-state index is 0.448. The van der Waals surface area contributed by atoms with Crippen LogP contribution in [0.25, 0.3) is 0 Å². The third-order valence-electron chi connectivity index (χ3n) is 2.23. The molecule has 0 bridgehead atoms. The summed E-state index contributed by atoms with van der Waals surface area (Å²) in [4.78, 5) is 4.02. The second kappa shape index (κ2) is 4.31. The summed E-state index contributed by atoms with van der Waals surface area (Å²) in [5.41, 5.74) is 8.65. The van der Waals surface area contributed by atoms with Crippen molar-refractivity contribution in [3.05, 3.63) is 33.8 Å². The molecule has 0 atom stereocenters. The molecule has 2 rings (SSSR count). The highest BCUT2D eigenvalue weighted by molar-refractivity contribution is 7.11. The van der Waals surface area contributed by atoms with Crippen molar-refractivity contribution < 1.29 is 4.74 Å². The number of nitrogens with two attached hydrogens (primary N) is 1. The molecule has 0 spiro atoms. The zero-order valence-corrected chi connectivity index (χ0v) is 10.5. The molecule has 3 nitrogen and oxygen atoms in total. The summed E-state index contributed by atoms with van der Waals surface area (Å²) in [7, 11) is 0. The van der Waals surface area contributed by atoms with Gasteiger partial charge < -0.3 is 10.5 Å². The van der Waals surface area contributed by atoms with Crippen molar-refractivity contribution in [2.24, 2.45) is 0 Å². The normalized spacial score (nSPS) is 10.4. The van der Waals surface area contributed by atoms with E-state index in [0.717, 1.165) is 22.6 Å². The number of nitrogens with zero attached hydrogens (tertiary/aromatic N) is 1. The second-order valence-corrected chi connectivity index (χ2v) is 4.72. The van der Waals surface area contributed by atoms with Gasteiger partial charge in [0.2, 0.25) is 0 Å². The zero-order valence-electron chi connectivity index (χ0n) is 8.95. The van der Waals surface area contributed by atoms with Crippen molar-refractivity contribution in [3.8, 4) is 10.9 Å². The molecular formula is C11H11ClN2OS. The molecule has 0 saturated heterocycles. The van der Waals surface area contributed by atoms with Gasteiger partial charge in [0.05, 0.1) is 0 Å². The number of thiazole rings is 1. The summed E-state index contributed by atoms with van der Waals surface area (Å²) in [6.45, 7) is 3.90. The Balaban J connectivity index is 2.28. The van der Waals surface area contributed by atoms with Crippen LogP contribution in [0.3, 0.4) is 0 Å². The van der Waals surface area contributed by atoms with Gasteiger partial charge in [0.15, 0.2) is 0 Å². The van der Waals surface area contributed by atoms with Crippen LogP contribution in [0.1, 0.15) is 11.1 Å². The molecule has 2 aromatic rings. The van der Waals surface area contributed by atoms with Crippen LogP contribution in [-0.4, -0.2) is 4.98 Å². The third kappa shape index (κ3) is 2.28. The van der Waals surface area contributed by atoms with Crippen LogP contribution >= 0.6 is 22.9 Å². The van der Waals surface area contributed by atoms with E-state index in [-0.39, 0.29) is 0 Å². The SMILES string of the molecule is Cc1cc(Oc2nc(Cl)cs2)cc(C)c1N. The molecule has 0 amide bonds. The molecule has 0 aliphatic rings. The van der Waals surface area contributed by atoms with Crippen LogP contribution in [0, 0.1) is 13.8 Å². The first-order chi connectivity index (χ1) is 7.56. The molecule has 0 saturated carbocycles. The number of aryl methyl sites for hydroxylation is 2. The van der Waals surface area contributed by atoms with E-state index in [9.17, 15) is 0 Å². The van der Waals surface area contributed by atoms with Crippen LogP contribution < -0.4 is 10.5 Å². The fraction of sp³-hybridized carbons (Fsp3) is 0.182. The van der Waals surface area contributed by atoms with Crippen molar-refractivity contribution in [1.82, 2.24) is 4.98 Å². The van der Waals surface area contributed by atoms with Gasteiger partial charge in [0.25, 0.3) is 5.19 Å². The lowest BCUT2D eigenvalue weighted by Crippen LogP contribution is -1.94. The first-order valence-corrected chi connectivity index (χ1v) is 5.97. The van der Waals surface area contributed by atoms with E-state index in [4.69, 9.17) is 22.1 Å². The van der Waals surface area contributed by atoms with E-state index in [1.807, 2.05) is 26.0 Å². The maximum Gasteiger partial charge on any atom is 0.280 e. The Morgan fingerprint density at radius 2 is 1.94 bits per heavy atom. The number of nitrogen functional groups attached to an aromatic ring is 1. The molecular weight excluding hydrogens is 244 g/mol. The smallest absolute Gasteiger partial charge is 0.280 e. The molecule has 84 valence electrons. The van der Waals surface area contributed by atoms with Gasteiger partial charge in [-0.1, -0.05) is 22.9 Å². The Hall–Kier alpha value is -1.26. The summed E-state index contributed by atoms with van der Waals surface area (Å²) in [6.07, 6.45) is 0. The number of rotatable bonds is 2. The largest absolute Gasteiger partial charge is 0.431 e. The Morgan fingerprint density at radius 3 is 2.44 bits per heavy atom. The molecule has 1 aromatic heterocycles. The zero-order chi connectivity index (χ0) is 11.7. The highest BCUT2D eigenvalue weighted by Crippen LogP contribution is 2.30. The molecule has 0 aliphatic carbocycles. The number of hydrogen-bond donors (Lipinski definition) is 1. The Labute approximate surface area is 103 Å². The van der Waals surface area contributed by atoms with Crippen molar-refractivity contribution >= 4 is 28.6 Å². The number of benzene rings is 1. The van der Waals surface area contributed by atoms with E-state index < -0.39 is 0 Å². The summed E-state index contributed by atoms with van der Waals surface area (Å²) in [5, 5.41) is 2.71. The van der Waals surface area contributed by atoms with E-state index >= 15 is 0 Å². The minimum absolute atomic E-state index is 0.448. The van der Waals surface area contributed by atoms with E-state index in [2.05, 4.69) is 4.98 Å². The van der Waals surface area contributed by atoms with Crippen LogP contribution in [0.5, 0.6) is 10.9 Å². The number of halogens is 1. The van der Waals surface area contributed by atoms with Gasteiger partial charge in [-0.2, -0.15) is 4.98 Å². The fourth-order valence-corrected chi connectivity index (χ4v) is 2.19. The fourth-order valence-electron chi connectivity index (χ4n) is 1.38. The predicted molar refractivity (Wildman–Crippen MR) is 67.5 cm³/mol. The van der Waals surface area contributed by atoms with Crippen LogP contribution in [0.15, 0.2) is 17.5 Å². The van der Waals surface area contributed by atoms with Gasteiger partial charge >= 0.3 is 0 Å². The van der Waals surface area contributed by atoms with E-state index in [0.29, 0.717) is 10.3 Å². The van der Waals surface area contributed by atoms with E-state index in [1.54, 1.807) is 5.38 Å². The number of aromatic nitrogens is 1. The second-order valence-electron chi connectivity index (χ2n) is 3.51. The number of hydrogen-bond acceptors (Lipinski definition) is 4. The maximum absolute atomic E-state index is 5.86. The van der Waals surface area contributed by atoms with Gasteiger partial charge in [0, 0.05) is 11.1 Å². The summed E-state index contributed by atoms with van der Waals surface area (Å²) < 4.78 is 5.58. The molecule has 2 N–H and O–H groups in total. The standard InChI is InChI=1S/C11H11ClN2OS/c1-6-3-8(4-7(2)10(6)13)15-11-14-9(12)5-16-11/h3-5H,13H2,1-2H3. The van der Waals surface area contributed by atoms with Crippen molar-refractivity contribution in [1.29, 1.82) is 0 Å². The predicted octanol–water partition coefficient (Wildman–Crippen LogP) is 3.79.